The number of hydrogen-bond acceptors (Lipinski definition) is 3. The molecule has 0 aliphatic heterocycles. The van der Waals surface area contributed by atoms with Gasteiger partial charge in [-0.2, -0.15) is 0 Å². The second-order valence-electron chi connectivity index (χ2n) is 4.74. The Kier molecular flexibility index (Phi) is 6.28. The Morgan fingerprint density at radius 2 is 2.00 bits per heavy atom. The lowest BCUT2D eigenvalue weighted by molar-refractivity contribution is -0.122. The normalized spacial score (nSPS) is 12.1. The second-order valence-corrected chi connectivity index (χ2v) is 4.74. The Labute approximate surface area is 119 Å². The van der Waals surface area contributed by atoms with Crippen LogP contribution in [0.2, 0.25) is 0 Å². The van der Waals surface area contributed by atoms with E-state index in [1.807, 2.05) is 13.8 Å². The van der Waals surface area contributed by atoms with E-state index in [4.69, 9.17) is 4.74 Å². The molecule has 2 N–H and O–H groups in total. The first-order valence-corrected chi connectivity index (χ1v) is 6.92. The smallest absolute Gasteiger partial charge is 0.242 e. The molecule has 0 bridgehead atoms. The molecule has 0 heterocycles. The van der Waals surface area contributed by atoms with Crippen molar-refractivity contribution >= 4 is 11.6 Å². The molecule has 0 aromatic heterocycles. The van der Waals surface area contributed by atoms with Crippen LogP contribution in [0.15, 0.2) is 18.2 Å². The number of benzene rings is 1. The predicted octanol–water partition coefficient (Wildman–Crippen LogP) is 2.94. The minimum Gasteiger partial charge on any atom is -0.494 e. The van der Waals surface area contributed by atoms with Crippen LogP contribution < -0.4 is 15.4 Å². The van der Waals surface area contributed by atoms with Gasteiger partial charge in [0, 0.05) is 17.8 Å². The van der Waals surface area contributed by atoms with Gasteiger partial charge in [0.05, 0.1) is 7.11 Å². The second kappa shape index (κ2) is 7.72. The fraction of sp³-hybridized carbons (Fsp3) is 0.533. The zero-order chi connectivity index (χ0) is 15.1. The van der Waals surface area contributed by atoms with E-state index in [9.17, 15) is 9.18 Å². The first kappa shape index (κ1) is 16.3. The lowest BCUT2D eigenvalue weighted by Gasteiger charge is -2.20. The molecule has 0 saturated heterocycles. The largest absolute Gasteiger partial charge is 0.494 e. The number of anilines is 1. The number of carbonyl (C=O) groups is 1. The van der Waals surface area contributed by atoms with Crippen molar-refractivity contribution in [3.05, 3.63) is 24.0 Å². The molecule has 0 spiro atoms. The van der Waals surface area contributed by atoms with Crippen LogP contribution in [-0.4, -0.2) is 25.1 Å². The third-order valence-electron chi connectivity index (χ3n) is 3.26. The number of halogens is 1. The van der Waals surface area contributed by atoms with Gasteiger partial charge in [0.25, 0.3) is 0 Å². The Morgan fingerprint density at radius 1 is 1.35 bits per heavy atom. The molecule has 0 saturated carbocycles. The first-order chi connectivity index (χ1) is 9.51. The van der Waals surface area contributed by atoms with Gasteiger partial charge in [0.1, 0.15) is 6.04 Å². The maximum atomic E-state index is 13.6. The third kappa shape index (κ3) is 4.40. The maximum Gasteiger partial charge on any atom is 0.242 e. The lowest BCUT2D eigenvalue weighted by Crippen LogP contribution is -2.42. The highest BCUT2D eigenvalue weighted by atomic mass is 19.1. The van der Waals surface area contributed by atoms with Gasteiger partial charge in [0.15, 0.2) is 11.6 Å². The van der Waals surface area contributed by atoms with Crippen LogP contribution in [0, 0.1) is 5.82 Å². The van der Waals surface area contributed by atoms with Crippen molar-refractivity contribution in [3.8, 4) is 5.75 Å². The van der Waals surface area contributed by atoms with Crippen molar-refractivity contribution in [2.24, 2.45) is 0 Å². The molecule has 20 heavy (non-hydrogen) atoms. The average molecular weight is 282 g/mol. The van der Waals surface area contributed by atoms with E-state index in [2.05, 4.69) is 10.6 Å². The number of methoxy groups -OCH3 is 1. The van der Waals surface area contributed by atoms with E-state index in [1.165, 1.54) is 19.2 Å². The maximum absolute atomic E-state index is 13.6. The van der Waals surface area contributed by atoms with Crippen LogP contribution in [0.3, 0.4) is 0 Å². The van der Waals surface area contributed by atoms with Gasteiger partial charge in [-0.3, -0.25) is 4.79 Å². The fourth-order valence-corrected chi connectivity index (χ4v) is 1.89. The van der Waals surface area contributed by atoms with Gasteiger partial charge in [0.2, 0.25) is 5.91 Å². The Balaban J connectivity index is 2.63. The number of hydrogen-bond donors (Lipinski definition) is 2. The third-order valence-corrected chi connectivity index (χ3v) is 3.26. The topological polar surface area (TPSA) is 50.4 Å². The van der Waals surface area contributed by atoms with Crippen LogP contribution in [0.25, 0.3) is 0 Å². The Hall–Kier alpha value is -1.78. The average Bonchev–Trinajstić information content (AvgIpc) is 2.44. The minimum absolute atomic E-state index is 0.0880. The van der Waals surface area contributed by atoms with Crippen LogP contribution >= 0.6 is 0 Å². The van der Waals surface area contributed by atoms with E-state index < -0.39 is 11.9 Å². The summed E-state index contributed by atoms with van der Waals surface area (Å²) in [6, 6.07) is 4.29. The highest BCUT2D eigenvalue weighted by Crippen LogP contribution is 2.21. The molecule has 0 radical (unpaired) electrons. The van der Waals surface area contributed by atoms with Crippen LogP contribution in [0.1, 0.15) is 33.6 Å². The van der Waals surface area contributed by atoms with Gasteiger partial charge in [-0.15, -0.1) is 0 Å². The first-order valence-electron chi connectivity index (χ1n) is 6.92. The molecule has 0 aliphatic rings. The number of rotatable bonds is 7. The molecule has 1 atom stereocenters. The van der Waals surface area contributed by atoms with Gasteiger partial charge in [-0.05, 0) is 31.9 Å². The van der Waals surface area contributed by atoms with E-state index in [0.29, 0.717) is 5.69 Å². The molecule has 1 aromatic carbocycles. The van der Waals surface area contributed by atoms with Crippen molar-refractivity contribution in [2.75, 3.05) is 12.4 Å². The molecule has 0 aliphatic carbocycles. The predicted molar refractivity (Wildman–Crippen MR) is 78.5 cm³/mol. The summed E-state index contributed by atoms with van der Waals surface area (Å²) < 4.78 is 18.4. The SMILES string of the molecule is CCC(CC)NC(=O)C(C)Nc1ccc(OC)c(F)c1. The van der Waals surface area contributed by atoms with Gasteiger partial charge >= 0.3 is 0 Å². The molecular formula is C15H23FN2O2. The van der Waals surface area contributed by atoms with E-state index in [1.54, 1.807) is 13.0 Å². The summed E-state index contributed by atoms with van der Waals surface area (Å²) >= 11 is 0. The van der Waals surface area contributed by atoms with Crippen molar-refractivity contribution in [3.63, 3.8) is 0 Å². The number of amides is 1. The van der Waals surface area contributed by atoms with Crippen molar-refractivity contribution in [2.45, 2.75) is 45.7 Å². The summed E-state index contributed by atoms with van der Waals surface area (Å²) in [5, 5.41) is 5.93. The van der Waals surface area contributed by atoms with E-state index in [0.717, 1.165) is 12.8 Å². The van der Waals surface area contributed by atoms with Gasteiger partial charge in [-0.25, -0.2) is 4.39 Å². The Morgan fingerprint density at radius 3 is 2.50 bits per heavy atom. The summed E-state index contributed by atoms with van der Waals surface area (Å²) in [6.07, 6.45) is 1.79. The lowest BCUT2D eigenvalue weighted by atomic mass is 10.1. The fourth-order valence-electron chi connectivity index (χ4n) is 1.89. The summed E-state index contributed by atoms with van der Waals surface area (Å²) in [7, 11) is 1.41. The summed E-state index contributed by atoms with van der Waals surface area (Å²) in [5.74, 6) is -0.357. The van der Waals surface area contributed by atoms with Crippen molar-refractivity contribution in [1.29, 1.82) is 0 Å². The number of carbonyl (C=O) groups excluding carboxylic acids is 1. The van der Waals surface area contributed by atoms with Crippen molar-refractivity contribution in [1.82, 2.24) is 5.32 Å². The molecule has 0 fully saturated rings. The summed E-state index contributed by atoms with van der Waals surface area (Å²) in [4.78, 5) is 12.0. The quantitative estimate of drug-likeness (QED) is 0.808. The zero-order valence-corrected chi connectivity index (χ0v) is 12.5. The van der Waals surface area contributed by atoms with E-state index >= 15 is 0 Å². The Bertz CT molecular complexity index is 447. The van der Waals surface area contributed by atoms with Crippen LogP contribution in [0.4, 0.5) is 10.1 Å². The molecule has 1 rings (SSSR count). The molecule has 4 nitrogen and oxygen atoms in total. The highest BCUT2D eigenvalue weighted by Gasteiger charge is 2.16. The highest BCUT2D eigenvalue weighted by molar-refractivity contribution is 5.84. The summed E-state index contributed by atoms with van der Waals surface area (Å²) in [6.45, 7) is 5.82. The minimum atomic E-state index is -0.454. The number of ether oxygens (including phenoxy) is 1. The molecule has 1 aromatic rings. The van der Waals surface area contributed by atoms with Crippen LogP contribution in [0.5, 0.6) is 5.75 Å². The number of nitrogens with one attached hydrogen (secondary N) is 2. The molecule has 112 valence electrons. The summed E-state index contributed by atoms with van der Waals surface area (Å²) in [5.41, 5.74) is 0.551. The molecule has 1 unspecified atom stereocenters. The standard InChI is InChI=1S/C15H23FN2O2/c1-5-11(6-2)18-15(19)10(3)17-12-7-8-14(20-4)13(16)9-12/h7-11,17H,5-6H2,1-4H3,(H,18,19). The van der Waals surface area contributed by atoms with Crippen LogP contribution in [-0.2, 0) is 4.79 Å². The van der Waals surface area contributed by atoms with E-state index in [-0.39, 0.29) is 17.7 Å². The van der Waals surface area contributed by atoms with Gasteiger partial charge < -0.3 is 15.4 Å². The van der Waals surface area contributed by atoms with Crippen molar-refractivity contribution < 1.29 is 13.9 Å². The van der Waals surface area contributed by atoms with Gasteiger partial charge in [-0.1, -0.05) is 13.8 Å². The molecular weight excluding hydrogens is 259 g/mol. The molecule has 1 amide bonds. The zero-order valence-electron chi connectivity index (χ0n) is 12.5. The molecule has 5 heteroatoms. The monoisotopic (exact) mass is 282 g/mol.